The fourth-order valence-corrected chi connectivity index (χ4v) is 1.28. The van der Waals surface area contributed by atoms with E-state index in [0.29, 0.717) is 6.61 Å². The number of primary amides is 1. The summed E-state index contributed by atoms with van der Waals surface area (Å²) in [5, 5.41) is 5.02. The molecule has 6 heteroatoms. The monoisotopic (exact) mass is 217 g/mol. The van der Waals surface area contributed by atoms with Crippen LogP contribution < -0.4 is 16.4 Å². The van der Waals surface area contributed by atoms with Gasteiger partial charge in [-0.15, -0.1) is 0 Å². The average molecular weight is 217 g/mol. The number of amides is 3. The van der Waals surface area contributed by atoms with Gasteiger partial charge in [0.2, 0.25) is 5.91 Å². The molecule has 0 aliphatic rings. The lowest BCUT2D eigenvalue weighted by atomic mass is 10.1. The van der Waals surface area contributed by atoms with Crippen molar-refractivity contribution in [1.82, 2.24) is 10.6 Å². The Morgan fingerprint density at radius 3 is 2.40 bits per heavy atom. The van der Waals surface area contributed by atoms with Crippen LogP contribution in [0.25, 0.3) is 0 Å². The number of imide groups is 1. The van der Waals surface area contributed by atoms with Crippen LogP contribution in [0.4, 0.5) is 4.79 Å². The Morgan fingerprint density at radius 1 is 1.47 bits per heavy atom. The molecule has 0 fully saturated rings. The highest BCUT2D eigenvalue weighted by atomic mass is 16.5. The molecule has 0 heterocycles. The molecule has 0 aromatic rings. The predicted octanol–water partition coefficient (Wildman–Crippen LogP) is -0.416. The van der Waals surface area contributed by atoms with Crippen LogP contribution in [0.3, 0.4) is 0 Å². The first-order chi connectivity index (χ1) is 6.78. The Labute approximate surface area is 89.5 Å². The Morgan fingerprint density at radius 2 is 2.00 bits per heavy atom. The minimum absolute atomic E-state index is 0.344. The minimum atomic E-state index is -0.849. The molecule has 88 valence electrons. The van der Waals surface area contributed by atoms with Crippen LogP contribution in [0.15, 0.2) is 0 Å². The zero-order chi connectivity index (χ0) is 12.1. The van der Waals surface area contributed by atoms with Crippen LogP contribution in [0.1, 0.15) is 20.8 Å². The summed E-state index contributed by atoms with van der Waals surface area (Å²) in [5.74, 6) is -0.452. The second-order valence-corrected chi connectivity index (χ2v) is 4.04. The molecule has 1 atom stereocenters. The van der Waals surface area contributed by atoms with Gasteiger partial charge in [-0.25, -0.2) is 4.79 Å². The molecule has 3 amide bonds. The molecular formula is C9H19N3O3. The molecule has 0 aliphatic heterocycles. The van der Waals surface area contributed by atoms with Gasteiger partial charge >= 0.3 is 6.03 Å². The van der Waals surface area contributed by atoms with E-state index in [4.69, 9.17) is 10.5 Å². The average Bonchev–Trinajstić information content (AvgIpc) is 2.01. The van der Waals surface area contributed by atoms with E-state index < -0.39 is 18.0 Å². The molecule has 15 heavy (non-hydrogen) atoms. The SMILES string of the molecule is COCC(C)(C)NC(C)C(=O)NC(N)=O. The van der Waals surface area contributed by atoms with Gasteiger partial charge in [-0.05, 0) is 20.8 Å². The van der Waals surface area contributed by atoms with Crippen LogP contribution in [-0.4, -0.2) is 37.2 Å². The number of hydrogen-bond acceptors (Lipinski definition) is 4. The summed E-state index contributed by atoms with van der Waals surface area (Å²) in [6.45, 7) is 5.89. The third-order valence-electron chi connectivity index (χ3n) is 1.75. The van der Waals surface area contributed by atoms with E-state index in [-0.39, 0.29) is 5.54 Å². The molecule has 0 aromatic carbocycles. The van der Waals surface area contributed by atoms with Crippen molar-refractivity contribution in [3.05, 3.63) is 0 Å². The number of nitrogens with one attached hydrogen (secondary N) is 2. The van der Waals surface area contributed by atoms with E-state index in [1.165, 1.54) is 0 Å². The Bertz CT molecular complexity index is 241. The number of nitrogens with two attached hydrogens (primary N) is 1. The molecule has 0 aromatic heterocycles. The van der Waals surface area contributed by atoms with Crippen molar-refractivity contribution < 1.29 is 14.3 Å². The first-order valence-corrected chi connectivity index (χ1v) is 4.65. The molecule has 0 spiro atoms. The van der Waals surface area contributed by atoms with Gasteiger partial charge in [-0.2, -0.15) is 0 Å². The van der Waals surface area contributed by atoms with Gasteiger partial charge in [-0.3, -0.25) is 15.4 Å². The first-order valence-electron chi connectivity index (χ1n) is 4.65. The van der Waals surface area contributed by atoms with E-state index in [0.717, 1.165) is 0 Å². The van der Waals surface area contributed by atoms with E-state index in [1.54, 1.807) is 14.0 Å². The van der Waals surface area contributed by atoms with Gasteiger partial charge in [-0.1, -0.05) is 0 Å². The molecule has 4 N–H and O–H groups in total. The van der Waals surface area contributed by atoms with Crippen LogP contribution in [0, 0.1) is 0 Å². The summed E-state index contributed by atoms with van der Waals surface area (Å²) in [5.41, 5.74) is 4.49. The zero-order valence-corrected chi connectivity index (χ0v) is 9.59. The lowest BCUT2D eigenvalue weighted by Gasteiger charge is -2.28. The van der Waals surface area contributed by atoms with Crippen LogP contribution in [0.5, 0.6) is 0 Å². The highest BCUT2D eigenvalue weighted by Crippen LogP contribution is 2.03. The lowest BCUT2D eigenvalue weighted by molar-refractivity contribution is -0.122. The summed E-state index contributed by atoms with van der Waals surface area (Å²) in [4.78, 5) is 21.8. The zero-order valence-electron chi connectivity index (χ0n) is 9.59. The fourth-order valence-electron chi connectivity index (χ4n) is 1.28. The predicted molar refractivity (Wildman–Crippen MR) is 56.3 cm³/mol. The number of carbonyl (C=O) groups is 2. The molecule has 0 bridgehead atoms. The summed E-state index contributed by atoms with van der Waals surface area (Å²) in [6.07, 6.45) is 0. The first kappa shape index (κ1) is 13.9. The quantitative estimate of drug-likeness (QED) is 0.583. The van der Waals surface area contributed by atoms with Crippen molar-refractivity contribution in [3.63, 3.8) is 0 Å². The highest BCUT2D eigenvalue weighted by molar-refractivity contribution is 5.96. The summed E-state index contributed by atoms with van der Waals surface area (Å²) < 4.78 is 4.98. The van der Waals surface area contributed by atoms with Gasteiger partial charge in [0.25, 0.3) is 0 Å². The smallest absolute Gasteiger partial charge is 0.318 e. The number of urea groups is 1. The van der Waals surface area contributed by atoms with Crippen molar-refractivity contribution in [2.24, 2.45) is 5.73 Å². The second-order valence-electron chi connectivity index (χ2n) is 4.04. The normalized spacial score (nSPS) is 13.3. The molecule has 1 unspecified atom stereocenters. The van der Waals surface area contributed by atoms with E-state index in [9.17, 15) is 9.59 Å². The van der Waals surface area contributed by atoms with Crippen molar-refractivity contribution >= 4 is 11.9 Å². The largest absolute Gasteiger partial charge is 0.383 e. The van der Waals surface area contributed by atoms with Gasteiger partial charge in [0.05, 0.1) is 12.6 Å². The molecule has 0 saturated carbocycles. The topological polar surface area (TPSA) is 93.4 Å². The van der Waals surface area contributed by atoms with Crippen LogP contribution >= 0.6 is 0 Å². The number of ether oxygens (including phenoxy) is 1. The third-order valence-corrected chi connectivity index (χ3v) is 1.75. The Hall–Kier alpha value is -1.14. The van der Waals surface area contributed by atoms with Gasteiger partial charge < -0.3 is 10.5 Å². The van der Waals surface area contributed by atoms with Crippen molar-refractivity contribution in [3.8, 4) is 0 Å². The molecular weight excluding hydrogens is 198 g/mol. The van der Waals surface area contributed by atoms with Crippen molar-refractivity contribution in [2.45, 2.75) is 32.4 Å². The number of rotatable bonds is 5. The summed E-state index contributed by atoms with van der Waals surface area (Å²) >= 11 is 0. The molecule has 0 aliphatic carbocycles. The van der Waals surface area contributed by atoms with E-state index in [1.807, 2.05) is 19.2 Å². The fraction of sp³-hybridized carbons (Fsp3) is 0.778. The van der Waals surface area contributed by atoms with Crippen LogP contribution in [-0.2, 0) is 9.53 Å². The summed E-state index contributed by atoms with van der Waals surface area (Å²) in [6, 6.07) is -1.36. The van der Waals surface area contributed by atoms with Gasteiger partial charge in [0, 0.05) is 12.6 Å². The maximum Gasteiger partial charge on any atom is 0.318 e. The van der Waals surface area contributed by atoms with Crippen molar-refractivity contribution in [2.75, 3.05) is 13.7 Å². The highest BCUT2D eigenvalue weighted by Gasteiger charge is 2.24. The van der Waals surface area contributed by atoms with E-state index in [2.05, 4.69) is 5.32 Å². The number of hydrogen-bond donors (Lipinski definition) is 3. The second kappa shape index (κ2) is 5.67. The summed E-state index contributed by atoms with van der Waals surface area (Å²) in [7, 11) is 1.58. The molecule has 0 radical (unpaired) electrons. The maximum atomic E-state index is 11.3. The maximum absolute atomic E-state index is 11.3. The molecule has 0 rings (SSSR count). The molecule has 0 saturated heterocycles. The van der Waals surface area contributed by atoms with Crippen LogP contribution in [0.2, 0.25) is 0 Å². The van der Waals surface area contributed by atoms with E-state index >= 15 is 0 Å². The van der Waals surface area contributed by atoms with Gasteiger partial charge in [0.15, 0.2) is 0 Å². The Kier molecular flexibility index (Phi) is 5.24. The Balaban J connectivity index is 4.17. The number of methoxy groups -OCH3 is 1. The van der Waals surface area contributed by atoms with Crippen molar-refractivity contribution in [1.29, 1.82) is 0 Å². The molecule has 6 nitrogen and oxygen atoms in total. The lowest BCUT2D eigenvalue weighted by Crippen LogP contribution is -2.54. The number of carbonyl (C=O) groups excluding carboxylic acids is 2. The van der Waals surface area contributed by atoms with Gasteiger partial charge in [0.1, 0.15) is 0 Å². The minimum Gasteiger partial charge on any atom is -0.383 e. The standard InChI is InChI=1S/C9H19N3O3/c1-6(7(13)11-8(10)14)12-9(2,3)5-15-4/h6,12H,5H2,1-4H3,(H3,10,11,13,14). The third kappa shape index (κ3) is 6.03.